The fourth-order valence-electron chi connectivity index (χ4n) is 9.99. The van der Waals surface area contributed by atoms with Gasteiger partial charge in [-0.3, -0.25) is 9.59 Å². The normalized spacial score (nSPS) is 12.6. The summed E-state index contributed by atoms with van der Waals surface area (Å²) >= 11 is 0. The van der Waals surface area contributed by atoms with Gasteiger partial charge in [0.15, 0.2) is 0 Å². The van der Waals surface area contributed by atoms with Crippen molar-refractivity contribution in [2.45, 2.75) is 366 Å². The van der Waals surface area contributed by atoms with Gasteiger partial charge in [-0.15, -0.1) is 0 Å². The van der Waals surface area contributed by atoms with Gasteiger partial charge in [0.1, 0.15) is 0 Å². The van der Waals surface area contributed by atoms with Gasteiger partial charge in [0.25, 0.3) is 0 Å². The Kier molecular flexibility index (Phi) is 58.0. The molecule has 0 fully saturated rings. The third-order valence-corrected chi connectivity index (χ3v) is 14.8. The Morgan fingerprint density at radius 1 is 0.391 bits per heavy atom. The SMILES string of the molecule is CCCCCC/C=C\CCCCCCCC(=O)OCCCCCCCCCCCCCCCCCCCCCCCC(=O)NC(CO)C(O)CCCCCCCCCCCCCCCCCCCC. The number of amides is 1. The molecule has 0 aliphatic heterocycles. The zero-order valence-corrected chi connectivity index (χ0v) is 46.8. The predicted molar refractivity (Wildman–Crippen MR) is 301 cm³/mol. The lowest BCUT2D eigenvalue weighted by Gasteiger charge is -2.22. The molecule has 6 nitrogen and oxygen atoms in total. The largest absolute Gasteiger partial charge is 0.466 e. The van der Waals surface area contributed by atoms with Crippen molar-refractivity contribution >= 4 is 11.9 Å². The van der Waals surface area contributed by atoms with Crippen LogP contribution < -0.4 is 5.32 Å². The molecule has 0 aromatic heterocycles. The van der Waals surface area contributed by atoms with E-state index in [-0.39, 0.29) is 18.5 Å². The molecule has 0 radical (unpaired) electrons. The number of allylic oxidation sites excluding steroid dienone is 2. The highest BCUT2D eigenvalue weighted by atomic mass is 16.5. The smallest absolute Gasteiger partial charge is 0.305 e. The molecular formula is C63H123NO5. The molecule has 69 heavy (non-hydrogen) atoms. The molecule has 0 saturated carbocycles. The molecule has 2 unspecified atom stereocenters. The number of esters is 1. The lowest BCUT2D eigenvalue weighted by molar-refractivity contribution is -0.143. The highest BCUT2D eigenvalue weighted by Gasteiger charge is 2.20. The number of carbonyl (C=O) groups is 2. The fraction of sp³-hybridized carbons (Fsp3) is 0.937. The minimum Gasteiger partial charge on any atom is -0.466 e. The molecule has 0 spiro atoms. The van der Waals surface area contributed by atoms with Crippen LogP contribution in [0.2, 0.25) is 0 Å². The molecule has 0 aromatic carbocycles. The summed E-state index contributed by atoms with van der Waals surface area (Å²) < 4.78 is 5.47. The Bertz CT molecular complexity index is 1030. The van der Waals surface area contributed by atoms with Crippen LogP contribution in [0.1, 0.15) is 354 Å². The summed E-state index contributed by atoms with van der Waals surface area (Å²) in [5.74, 6) is -0.0290. The van der Waals surface area contributed by atoms with Gasteiger partial charge in [0.2, 0.25) is 5.91 Å². The second-order valence-electron chi connectivity index (χ2n) is 21.7. The van der Waals surface area contributed by atoms with Crippen LogP contribution in [0.5, 0.6) is 0 Å². The quantitative estimate of drug-likeness (QED) is 0.0321. The van der Waals surface area contributed by atoms with Crippen molar-refractivity contribution in [1.82, 2.24) is 5.32 Å². The van der Waals surface area contributed by atoms with Crippen molar-refractivity contribution in [3.63, 3.8) is 0 Å². The Morgan fingerprint density at radius 3 is 1.04 bits per heavy atom. The van der Waals surface area contributed by atoms with Crippen LogP contribution in [0.3, 0.4) is 0 Å². The molecule has 0 aliphatic carbocycles. The van der Waals surface area contributed by atoms with E-state index in [4.69, 9.17) is 4.74 Å². The summed E-state index contributed by atoms with van der Waals surface area (Å²) in [6, 6.07) is -0.542. The van der Waals surface area contributed by atoms with Gasteiger partial charge in [-0.2, -0.15) is 0 Å². The van der Waals surface area contributed by atoms with Gasteiger partial charge < -0.3 is 20.3 Å². The predicted octanol–water partition coefficient (Wildman–Crippen LogP) is 19.6. The summed E-state index contributed by atoms with van der Waals surface area (Å²) in [5.41, 5.74) is 0. The number of hydrogen-bond donors (Lipinski definition) is 3. The molecule has 6 heteroatoms. The number of nitrogens with one attached hydrogen (secondary N) is 1. The molecule has 2 atom stereocenters. The zero-order chi connectivity index (χ0) is 50.0. The number of rotatable bonds is 59. The highest BCUT2D eigenvalue weighted by molar-refractivity contribution is 5.76. The summed E-state index contributed by atoms with van der Waals surface area (Å²) in [6.45, 7) is 4.96. The van der Waals surface area contributed by atoms with Crippen molar-refractivity contribution in [1.29, 1.82) is 0 Å². The second kappa shape index (κ2) is 59.2. The third-order valence-electron chi connectivity index (χ3n) is 14.8. The average Bonchev–Trinajstić information content (AvgIpc) is 3.35. The van der Waals surface area contributed by atoms with Crippen molar-refractivity contribution in [3.8, 4) is 0 Å². The number of unbranched alkanes of at least 4 members (excludes halogenated alkanes) is 46. The Balaban J connectivity index is 3.38. The highest BCUT2D eigenvalue weighted by Crippen LogP contribution is 2.18. The van der Waals surface area contributed by atoms with E-state index in [9.17, 15) is 19.8 Å². The second-order valence-corrected chi connectivity index (χ2v) is 21.7. The molecule has 3 N–H and O–H groups in total. The van der Waals surface area contributed by atoms with Crippen LogP contribution >= 0.6 is 0 Å². The first kappa shape index (κ1) is 67.6. The van der Waals surface area contributed by atoms with E-state index in [2.05, 4.69) is 31.3 Å². The molecule has 1 amide bonds. The van der Waals surface area contributed by atoms with E-state index in [1.807, 2.05) is 0 Å². The van der Waals surface area contributed by atoms with Crippen LogP contribution in [0.4, 0.5) is 0 Å². The van der Waals surface area contributed by atoms with Gasteiger partial charge in [-0.25, -0.2) is 0 Å². The molecule has 0 bridgehead atoms. The summed E-state index contributed by atoms with van der Waals surface area (Å²) in [5, 5.41) is 23.3. The number of hydrogen-bond acceptors (Lipinski definition) is 5. The van der Waals surface area contributed by atoms with Crippen LogP contribution in [0, 0.1) is 0 Å². The van der Waals surface area contributed by atoms with Crippen LogP contribution in [-0.2, 0) is 14.3 Å². The van der Waals surface area contributed by atoms with Crippen molar-refractivity contribution in [3.05, 3.63) is 12.2 Å². The topological polar surface area (TPSA) is 95.9 Å². The van der Waals surface area contributed by atoms with Crippen LogP contribution in [0.15, 0.2) is 12.2 Å². The van der Waals surface area contributed by atoms with Gasteiger partial charge >= 0.3 is 5.97 Å². The Morgan fingerprint density at radius 2 is 0.681 bits per heavy atom. The van der Waals surface area contributed by atoms with E-state index in [1.54, 1.807) is 0 Å². The number of aliphatic hydroxyl groups excluding tert-OH is 2. The first-order valence-corrected chi connectivity index (χ1v) is 31.4. The maximum Gasteiger partial charge on any atom is 0.305 e. The van der Waals surface area contributed by atoms with E-state index in [0.717, 1.165) is 44.9 Å². The monoisotopic (exact) mass is 974 g/mol. The third kappa shape index (κ3) is 55.8. The summed E-state index contributed by atoms with van der Waals surface area (Å²) in [6.07, 6.45) is 70.8. The van der Waals surface area contributed by atoms with Crippen molar-refractivity contribution in [2.75, 3.05) is 13.2 Å². The molecule has 410 valence electrons. The van der Waals surface area contributed by atoms with Gasteiger partial charge in [0.05, 0.1) is 25.4 Å². The summed E-state index contributed by atoms with van der Waals surface area (Å²) in [7, 11) is 0. The van der Waals surface area contributed by atoms with Gasteiger partial charge in [0, 0.05) is 12.8 Å². The minimum atomic E-state index is -0.665. The number of aliphatic hydroxyl groups is 2. The van der Waals surface area contributed by atoms with E-state index in [0.29, 0.717) is 25.9 Å². The zero-order valence-electron chi connectivity index (χ0n) is 46.8. The maximum atomic E-state index is 12.5. The lowest BCUT2D eigenvalue weighted by Crippen LogP contribution is -2.45. The Hall–Kier alpha value is -1.40. The average molecular weight is 975 g/mol. The Labute approximate surface area is 431 Å². The van der Waals surface area contributed by atoms with E-state index < -0.39 is 12.1 Å². The molecule has 0 aliphatic rings. The maximum absolute atomic E-state index is 12.5. The van der Waals surface area contributed by atoms with E-state index >= 15 is 0 Å². The van der Waals surface area contributed by atoms with Gasteiger partial charge in [-0.05, 0) is 51.4 Å². The molecule has 0 aromatic rings. The first-order chi connectivity index (χ1) is 34.0. The minimum absolute atomic E-state index is 0.00356. The molecule has 0 heterocycles. The standard InChI is InChI=1S/C63H123NO5/c1-3-5-7-9-11-13-15-17-18-19-25-28-32-35-39-43-47-51-55-61(66)60(59-65)64-62(67)56-52-48-44-40-36-33-29-26-23-21-20-22-24-27-30-34-38-42-46-50-54-58-69-63(68)57-53-49-45-41-37-31-16-14-12-10-8-6-4-2/h14,16,60-61,65-66H,3-13,15,17-59H2,1-2H3,(H,64,67)/b16-14-. The van der Waals surface area contributed by atoms with E-state index in [1.165, 1.54) is 276 Å². The first-order valence-electron chi connectivity index (χ1n) is 31.4. The molecule has 0 rings (SSSR count). The number of carbonyl (C=O) groups excluding carboxylic acids is 2. The fourth-order valence-corrected chi connectivity index (χ4v) is 9.99. The van der Waals surface area contributed by atoms with Crippen LogP contribution in [-0.4, -0.2) is 47.4 Å². The molecular weight excluding hydrogens is 851 g/mol. The van der Waals surface area contributed by atoms with Gasteiger partial charge in [-0.1, -0.05) is 302 Å². The van der Waals surface area contributed by atoms with Crippen molar-refractivity contribution < 1.29 is 24.5 Å². The van der Waals surface area contributed by atoms with Crippen molar-refractivity contribution in [2.24, 2.45) is 0 Å². The number of ether oxygens (including phenoxy) is 1. The lowest BCUT2D eigenvalue weighted by atomic mass is 10.0. The molecule has 0 saturated heterocycles. The van der Waals surface area contributed by atoms with Crippen LogP contribution in [0.25, 0.3) is 0 Å². The summed E-state index contributed by atoms with van der Waals surface area (Å²) in [4.78, 5) is 24.5.